The van der Waals surface area contributed by atoms with Gasteiger partial charge in [-0.25, -0.2) is 4.98 Å². The molecule has 1 heterocycles. The molecule has 1 aromatic heterocycles. The maximum Gasteiger partial charge on any atom is 0.573 e. The van der Waals surface area contributed by atoms with Crippen molar-refractivity contribution < 1.29 is 22.7 Å². The van der Waals surface area contributed by atoms with Crippen molar-refractivity contribution in [3.05, 3.63) is 47.0 Å². The number of nitrogens with zero attached hydrogens (tertiary/aromatic N) is 2. The van der Waals surface area contributed by atoms with E-state index in [1.807, 2.05) is 0 Å². The van der Waals surface area contributed by atoms with Gasteiger partial charge in [-0.15, -0.1) is 24.5 Å². The van der Waals surface area contributed by atoms with Crippen molar-refractivity contribution in [2.75, 3.05) is 5.32 Å². The van der Waals surface area contributed by atoms with Crippen LogP contribution in [0.2, 0.25) is 0 Å². The molecule has 0 saturated heterocycles. The van der Waals surface area contributed by atoms with E-state index in [1.54, 1.807) is 11.4 Å². The van der Waals surface area contributed by atoms with Gasteiger partial charge in [0.15, 0.2) is 5.13 Å². The maximum absolute atomic E-state index is 12.4. The Hall–Kier alpha value is -2.86. The van der Waals surface area contributed by atoms with Gasteiger partial charge in [0.05, 0.1) is 0 Å². The molecule has 0 bridgehead atoms. The maximum atomic E-state index is 12.4. The van der Waals surface area contributed by atoms with Crippen LogP contribution in [0.25, 0.3) is 6.08 Å². The van der Waals surface area contributed by atoms with E-state index >= 15 is 0 Å². The molecule has 0 aliphatic carbocycles. The van der Waals surface area contributed by atoms with E-state index in [2.05, 4.69) is 15.0 Å². The first-order chi connectivity index (χ1) is 10.9. The molecule has 0 radical (unpaired) electrons. The molecule has 0 unspecified atom stereocenters. The van der Waals surface area contributed by atoms with E-state index in [9.17, 15) is 18.0 Å². The Morgan fingerprint density at radius 3 is 2.74 bits per heavy atom. The summed E-state index contributed by atoms with van der Waals surface area (Å²) in [5.74, 6) is -1.28. The fraction of sp³-hybridized carbons (Fsp3) is 0.0714. The molecule has 0 aliphatic heterocycles. The van der Waals surface area contributed by atoms with Gasteiger partial charge in [-0.1, -0.05) is 18.2 Å². The number of para-hydroxylation sites is 1. The van der Waals surface area contributed by atoms with Gasteiger partial charge in [0, 0.05) is 17.1 Å². The molecule has 2 aromatic rings. The molecule has 5 nitrogen and oxygen atoms in total. The zero-order chi connectivity index (χ0) is 16.9. The van der Waals surface area contributed by atoms with Gasteiger partial charge in [-0.3, -0.25) is 10.1 Å². The predicted molar refractivity (Wildman–Crippen MR) is 77.5 cm³/mol. The third-order valence-electron chi connectivity index (χ3n) is 2.46. The van der Waals surface area contributed by atoms with Crippen LogP contribution in [-0.4, -0.2) is 17.3 Å². The zero-order valence-electron chi connectivity index (χ0n) is 11.3. The topological polar surface area (TPSA) is 75.0 Å². The first kappa shape index (κ1) is 16.5. The Morgan fingerprint density at radius 1 is 1.39 bits per heavy atom. The summed E-state index contributed by atoms with van der Waals surface area (Å²) in [5, 5.41) is 13.3. The molecule has 0 fully saturated rings. The van der Waals surface area contributed by atoms with E-state index in [1.165, 1.54) is 24.4 Å². The predicted octanol–water partition coefficient (Wildman–Crippen LogP) is 3.59. The van der Waals surface area contributed by atoms with Crippen molar-refractivity contribution in [3.8, 4) is 11.8 Å². The Morgan fingerprint density at radius 2 is 2.13 bits per heavy atom. The van der Waals surface area contributed by atoms with E-state index < -0.39 is 18.0 Å². The number of hydrogen-bond acceptors (Lipinski definition) is 5. The Balaban J connectivity index is 2.28. The SMILES string of the molecule is N#C/C(=C\c1ccccc1OC(F)(F)F)C(=O)Nc1nccs1. The summed E-state index contributed by atoms with van der Waals surface area (Å²) in [7, 11) is 0. The highest BCUT2D eigenvalue weighted by atomic mass is 32.1. The molecule has 9 heteroatoms. The van der Waals surface area contributed by atoms with Crippen LogP contribution < -0.4 is 10.1 Å². The van der Waals surface area contributed by atoms with Crippen LogP contribution in [0.5, 0.6) is 5.75 Å². The normalized spacial score (nSPS) is 11.7. The first-order valence-corrected chi connectivity index (χ1v) is 6.94. The van der Waals surface area contributed by atoms with Crippen LogP contribution in [0, 0.1) is 11.3 Å². The van der Waals surface area contributed by atoms with Crippen molar-refractivity contribution in [2.45, 2.75) is 6.36 Å². The lowest BCUT2D eigenvalue weighted by atomic mass is 10.1. The van der Waals surface area contributed by atoms with Crippen LogP contribution in [0.3, 0.4) is 0 Å². The molecule has 1 N–H and O–H groups in total. The summed E-state index contributed by atoms with van der Waals surface area (Å²) in [6, 6.07) is 6.84. The lowest BCUT2D eigenvalue weighted by Crippen LogP contribution is -2.18. The van der Waals surface area contributed by atoms with Crippen LogP contribution in [-0.2, 0) is 4.79 Å². The summed E-state index contributed by atoms with van der Waals surface area (Å²) in [5.41, 5.74) is -0.422. The second-order valence-corrected chi connectivity index (χ2v) is 4.94. The zero-order valence-corrected chi connectivity index (χ0v) is 12.1. The lowest BCUT2D eigenvalue weighted by molar-refractivity contribution is -0.274. The van der Waals surface area contributed by atoms with Crippen molar-refractivity contribution >= 4 is 28.5 Å². The third kappa shape index (κ3) is 4.82. The summed E-state index contributed by atoms with van der Waals surface area (Å²) >= 11 is 1.14. The summed E-state index contributed by atoms with van der Waals surface area (Å²) in [6.07, 6.45) is -2.40. The van der Waals surface area contributed by atoms with Gasteiger partial charge < -0.3 is 4.74 Å². The minimum absolute atomic E-state index is 0.0457. The van der Waals surface area contributed by atoms with E-state index in [0.29, 0.717) is 0 Å². The van der Waals surface area contributed by atoms with E-state index in [0.717, 1.165) is 23.5 Å². The molecule has 2 rings (SSSR count). The number of anilines is 1. The number of nitriles is 1. The average molecular weight is 339 g/mol. The number of ether oxygens (including phenoxy) is 1. The smallest absolute Gasteiger partial charge is 0.405 e. The van der Waals surface area contributed by atoms with Gasteiger partial charge in [-0.05, 0) is 12.1 Å². The Kier molecular flexibility index (Phi) is 4.98. The number of carbonyl (C=O) groups excluding carboxylic acids is 1. The van der Waals surface area contributed by atoms with Gasteiger partial charge >= 0.3 is 6.36 Å². The number of hydrogen-bond donors (Lipinski definition) is 1. The molecule has 0 spiro atoms. The quantitative estimate of drug-likeness (QED) is 0.682. The molecule has 0 saturated carbocycles. The number of alkyl halides is 3. The number of amides is 1. The average Bonchev–Trinajstić information content (AvgIpc) is 2.97. The highest BCUT2D eigenvalue weighted by molar-refractivity contribution is 7.13. The van der Waals surface area contributed by atoms with Crippen molar-refractivity contribution in [1.29, 1.82) is 5.26 Å². The molecule has 0 atom stereocenters. The standard InChI is InChI=1S/C14H8F3N3O2S/c15-14(16,17)22-11-4-2-1-3-9(11)7-10(8-18)12(21)20-13-19-5-6-23-13/h1-7H,(H,19,20,21)/b10-7+. The number of halogens is 3. The number of aromatic nitrogens is 1. The van der Waals surface area contributed by atoms with Gasteiger partial charge in [0.1, 0.15) is 17.4 Å². The van der Waals surface area contributed by atoms with Crippen molar-refractivity contribution in [2.24, 2.45) is 0 Å². The fourth-order valence-electron chi connectivity index (χ4n) is 1.57. The van der Waals surface area contributed by atoms with Crippen molar-refractivity contribution in [3.63, 3.8) is 0 Å². The molecule has 23 heavy (non-hydrogen) atoms. The highest BCUT2D eigenvalue weighted by Gasteiger charge is 2.31. The largest absolute Gasteiger partial charge is 0.573 e. The summed E-state index contributed by atoms with van der Waals surface area (Å²) < 4.78 is 40.9. The van der Waals surface area contributed by atoms with E-state index in [4.69, 9.17) is 5.26 Å². The molecule has 118 valence electrons. The van der Waals surface area contributed by atoms with Crippen molar-refractivity contribution in [1.82, 2.24) is 4.98 Å². The van der Waals surface area contributed by atoms with E-state index in [-0.39, 0.29) is 16.3 Å². The summed E-state index contributed by atoms with van der Waals surface area (Å²) in [6.45, 7) is 0. The second kappa shape index (κ2) is 6.93. The number of benzene rings is 1. The minimum atomic E-state index is -4.88. The number of rotatable bonds is 4. The lowest BCUT2D eigenvalue weighted by Gasteiger charge is -2.11. The molecule has 1 aromatic carbocycles. The molecule has 1 amide bonds. The summed E-state index contributed by atoms with van der Waals surface area (Å²) in [4.78, 5) is 15.8. The van der Waals surface area contributed by atoms with Crippen LogP contribution in [0.4, 0.5) is 18.3 Å². The number of carbonyl (C=O) groups is 1. The number of thiazole rings is 1. The Bertz CT molecular complexity index is 764. The monoisotopic (exact) mass is 339 g/mol. The third-order valence-corrected chi connectivity index (χ3v) is 3.15. The number of nitrogens with one attached hydrogen (secondary N) is 1. The fourth-order valence-corrected chi connectivity index (χ4v) is 2.10. The first-order valence-electron chi connectivity index (χ1n) is 6.06. The molecule has 0 aliphatic rings. The van der Waals surface area contributed by atoms with Crippen LogP contribution in [0.1, 0.15) is 5.56 Å². The minimum Gasteiger partial charge on any atom is -0.405 e. The molecular weight excluding hydrogens is 331 g/mol. The van der Waals surface area contributed by atoms with Gasteiger partial charge in [0.25, 0.3) is 5.91 Å². The Labute approximate surface area is 132 Å². The van der Waals surface area contributed by atoms with Gasteiger partial charge in [0.2, 0.25) is 0 Å². The second-order valence-electron chi connectivity index (χ2n) is 4.05. The highest BCUT2D eigenvalue weighted by Crippen LogP contribution is 2.27. The van der Waals surface area contributed by atoms with Gasteiger partial charge in [-0.2, -0.15) is 5.26 Å². The van der Waals surface area contributed by atoms with Crippen LogP contribution in [0.15, 0.2) is 41.4 Å². The van der Waals surface area contributed by atoms with Crippen LogP contribution >= 0.6 is 11.3 Å². The molecular formula is C14H8F3N3O2S.